The predicted octanol–water partition coefficient (Wildman–Crippen LogP) is 4.24. The number of methoxy groups -OCH3 is 3. The average molecular weight is 469 g/mol. The van der Waals surface area contributed by atoms with Gasteiger partial charge in [0.2, 0.25) is 0 Å². The second kappa shape index (κ2) is 11.0. The number of carbonyl (C=O) groups is 1. The Morgan fingerprint density at radius 3 is 2.59 bits per heavy atom. The number of esters is 1. The van der Waals surface area contributed by atoms with E-state index in [4.69, 9.17) is 19.9 Å². The largest absolute Gasteiger partial charge is 0.677 e. The molecule has 0 atom stereocenters. The van der Waals surface area contributed by atoms with Crippen LogP contribution in [0, 0.1) is 0 Å². The molecule has 0 amide bonds. The number of hydrogen-bond donors (Lipinski definition) is 1. The summed E-state index contributed by atoms with van der Waals surface area (Å²) >= 11 is 0. The third-order valence-electron chi connectivity index (χ3n) is 5.35. The molecule has 7 nitrogen and oxygen atoms in total. The molecule has 0 radical (unpaired) electrons. The lowest BCUT2D eigenvalue weighted by atomic mass is 10.0. The van der Waals surface area contributed by atoms with Gasteiger partial charge in [-0.3, -0.25) is 8.63 Å². The van der Waals surface area contributed by atoms with Crippen molar-refractivity contribution in [3.63, 3.8) is 0 Å². The lowest BCUT2D eigenvalue weighted by Gasteiger charge is -2.13. The van der Waals surface area contributed by atoms with E-state index in [-0.39, 0.29) is 12.1 Å². The minimum Gasteiger partial charge on any atom is -0.497 e. The topological polar surface area (TPSA) is 88.1 Å². The maximum Gasteiger partial charge on any atom is 0.677 e. The van der Waals surface area contributed by atoms with E-state index < -0.39 is 13.4 Å². The molecule has 0 saturated carbocycles. The van der Waals surface area contributed by atoms with Crippen LogP contribution in [0.3, 0.4) is 0 Å². The van der Waals surface area contributed by atoms with Gasteiger partial charge in [0.15, 0.2) is 0 Å². The number of aliphatic imine (C=N–C) groups is 1. The zero-order chi connectivity index (χ0) is 24.8. The number of halogens is 2. The van der Waals surface area contributed by atoms with Crippen molar-refractivity contribution >= 4 is 30.7 Å². The molecule has 2 heterocycles. The van der Waals surface area contributed by atoms with Gasteiger partial charge < -0.3 is 24.4 Å². The van der Waals surface area contributed by atoms with Crippen molar-refractivity contribution in [2.24, 2.45) is 10.7 Å². The summed E-state index contributed by atoms with van der Waals surface area (Å²) in [5.41, 5.74) is 9.56. The van der Waals surface area contributed by atoms with E-state index in [0.717, 1.165) is 10.1 Å². The third-order valence-corrected chi connectivity index (χ3v) is 5.35. The fourth-order valence-corrected chi connectivity index (χ4v) is 3.77. The van der Waals surface area contributed by atoms with Gasteiger partial charge in [0.1, 0.15) is 11.5 Å². The quantitative estimate of drug-likeness (QED) is 0.439. The minimum atomic E-state index is -2.67. The maximum atomic E-state index is 13.5. The number of carbonyl (C=O) groups excluding carboxylic acids is 1. The van der Waals surface area contributed by atoms with Gasteiger partial charge in [0.05, 0.1) is 38.3 Å². The third kappa shape index (κ3) is 5.12. The van der Waals surface area contributed by atoms with Crippen molar-refractivity contribution in [2.45, 2.75) is 13.3 Å². The van der Waals surface area contributed by atoms with E-state index in [0.29, 0.717) is 46.2 Å². The molecule has 1 aromatic heterocycles. The van der Waals surface area contributed by atoms with Crippen molar-refractivity contribution in [3.05, 3.63) is 70.7 Å². The molecule has 1 aliphatic rings. The highest BCUT2D eigenvalue weighted by atomic mass is 19.2. The molecule has 0 unspecified atom stereocenters. The monoisotopic (exact) mass is 469 g/mol. The number of nitrogens with zero attached hydrogens (tertiary/aromatic N) is 2. The fourth-order valence-electron chi connectivity index (χ4n) is 3.77. The van der Waals surface area contributed by atoms with Crippen LogP contribution in [0.4, 0.5) is 8.63 Å². The number of nitrogens with two attached hydrogens (primary N) is 1. The molecule has 178 valence electrons. The van der Waals surface area contributed by atoms with E-state index in [9.17, 15) is 13.4 Å². The van der Waals surface area contributed by atoms with E-state index in [1.54, 1.807) is 36.4 Å². The summed E-state index contributed by atoms with van der Waals surface area (Å²) in [7, 11) is 1.60. The van der Waals surface area contributed by atoms with Crippen LogP contribution in [-0.4, -0.2) is 51.4 Å². The minimum absolute atomic E-state index is 0.267. The summed E-state index contributed by atoms with van der Waals surface area (Å²) in [4.78, 5) is 17.0. The Morgan fingerprint density at radius 1 is 1.21 bits per heavy atom. The lowest BCUT2D eigenvalue weighted by Crippen LogP contribution is -2.16. The van der Waals surface area contributed by atoms with Crippen LogP contribution in [0.15, 0.2) is 58.9 Å². The SMILES string of the molecule is COC(=O)c1cc(OC)cc(OC)c1/C=C/C1=NC(=C(/CCN)c2cccn2B(F)F)/C(C)=C1. The van der Waals surface area contributed by atoms with E-state index in [1.165, 1.54) is 27.5 Å². The van der Waals surface area contributed by atoms with Crippen LogP contribution in [0.2, 0.25) is 0 Å². The summed E-state index contributed by atoms with van der Waals surface area (Å²) in [5, 5.41) is 0. The molecule has 2 aromatic rings. The molecule has 0 saturated heterocycles. The van der Waals surface area contributed by atoms with Crippen molar-refractivity contribution in [1.82, 2.24) is 4.48 Å². The average Bonchev–Trinajstić information content (AvgIpc) is 3.47. The van der Waals surface area contributed by atoms with Crippen molar-refractivity contribution in [3.8, 4) is 11.5 Å². The molecule has 0 fully saturated rings. The Kier molecular flexibility index (Phi) is 8.06. The molecule has 0 spiro atoms. The van der Waals surface area contributed by atoms with Crippen LogP contribution >= 0.6 is 0 Å². The molecule has 10 heteroatoms. The summed E-state index contributed by atoms with van der Waals surface area (Å²) in [6.45, 7) is 2.15. The molecule has 0 bridgehead atoms. The lowest BCUT2D eigenvalue weighted by molar-refractivity contribution is 0.0599. The van der Waals surface area contributed by atoms with Gasteiger partial charge >= 0.3 is 13.4 Å². The van der Waals surface area contributed by atoms with Gasteiger partial charge in [-0.1, -0.05) is 0 Å². The number of hydrogen-bond acceptors (Lipinski definition) is 6. The van der Waals surface area contributed by atoms with Crippen LogP contribution < -0.4 is 15.2 Å². The fraction of sp³-hybridized carbons (Fsp3) is 0.250. The summed E-state index contributed by atoms with van der Waals surface area (Å²) < 4.78 is 43.5. The number of aromatic nitrogens is 1. The van der Waals surface area contributed by atoms with E-state index in [2.05, 4.69) is 4.99 Å². The van der Waals surface area contributed by atoms with Crippen LogP contribution in [0.1, 0.15) is 35.0 Å². The highest BCUT2D eigenvalue weighted by Gasteiger charge is 2.24. The Morgan fingerprint density at radius 2 is 1.97 bits per heavy atom. The second-order valence-electron chi connectivity index (χ2n) is 7.42. The number of allylic oxidation sites excluding steroid dienone is 3. The van der Waals surface area contributed by atoms with Gasteiger partial charge in [-0.2, -0.15) is 0 Å². The van der Waals surface area contributed by atoms with Gasteiger partial charge in [-0.05, 0) is 68.1 Å². The summed E-state index contributed by atoms with van der Waals surface area (Å²) in [6.07, 6.45) is 6.97. The van der Waals surface area contributed by atoms with Crippen molar-refractivity contribution < 1.29 is 27.6 Å². The maximum absolute atomic E-state index is 13.5. The van der Waals surface area contributed by atoms with Crippen LogP contribution in [0.25, 0.3) is 11.6 Å². The standard InChI is InChI=1S/C24H26BF2N3O4/c1-15-12-16(29-23(15)19(9-10-28)21-6-5-11-30(21)25(26)27)7-8-18-20(24(31)34-4)13-17(32-2)14-22(18)33-3/h5-8,11-14H,9-10,28H2,1-4H3/b8-7+,23-19-. The number of ether oxygens (including phenoxy) is 3. The molecule has 3 rings (SSSR count). The highest BCUT2D eigenvalue weighted by molar-refractivity contribution is 6.41. The van der Waals surface area contributed by atoms with Crippen LogP contribution in [0.5, 0.6) is 11.5 Å². The van der Waals surface area contributed by atoms with Gasteiger partial charge in [-0.15, -0.1) is 0 Å². The zero-order valence-electron chi connectivity index (χ0n) is 19.5. The molecule has 1 aromatic carbocycles. The second-order valence-corrected chi connectivity index (χ2v) is 7.42. The summed E-state index contributed by atoms with van der Waals surface area (Å²) in [5.74, 6) is 0.321. The first-order valence-electron chi connectivity index (χ1n) is 10.5. The molecule has 34 heavy (non-hydrogen) atoms. The predicted molar refractivity (Wildman–Crippen MR) is 130 cm³/mol. The number of benzene rings is 1. The van der Waals surface area contributed by atoms with Crippen LogP contribution in [-0.2, 0) is 4.74 Å². The van der Waals surface area contributed by atoms with Gasteiger partial charge in [-0.25, -0.2) is 9.79 Å². The Labute approximate surface area is 197 Å². The Balaban J connectivity index is 2.07. The van der Waals surface area contributed by atoms with E-state index in [1.807, 2.05) is 13.0 Å². The van der Waals surface area contributed by atoms with Gasteiger partial charge in [0, 0.05) is 22.9 Å². The molecular formula is C24H26BF2N3O4. The first-order chi connectivity index (χ1) is 16.3. The van der Waals surface area contributed by atoms with Crippen molar-refractivity contribution in [2.75, 3.05) is 27.9 Å². The highest BCUT2D eigenvalue weighted by Crippen LogP contribution is 2.33. The molecule has 2 N–H and O–H groups in total. The van der Waals surface area contributed by atoms with Crippen molar-refractivity contribution in [1.29, 1.82) is 0 Å². The number of rotatable bonds is 9. The normalized spacial score (nSPS) is 14.7. The van der Waals surface area contributed by atoms with E-state index >= 15 is 0 Å². The molecule has 0 aliphatic carbocycles. The zero-order valence-corrected chi connectivity index (χ0v) is 19.5. The Hall–Kier alpha value is -3.66. The molecule has 1 aliphatic heterocycles. The Bertz CT molecular complexity index is 1200. The first kappa shape index (κ1) is 25.0. The first-order valence-corrected chi connectivity index (χ1v) is 10.5. The summed E-state index contributed by atoms with van der Waals surface area (Å²) in [6, 6.07) is 6.43. The molecular weight excluding hydrogens is 443 g/mol. The smallest absolute Gasteiger partial charge is 0.497 e. The van der Waals surface area contributed by atoms with Gasteiger partial charge in [0.25, 0.3) is 0 Å².